The van der Waals surface area contributed by atoms with Gasteiger partial charge in [0.05, 0.1) is 12.7 Å². The number of carbonyl (C=O) groups is 2. The van der Waals surface area contributed by atoms with Crippen molar-refractivity contribution in [2.75, 3.05) is 45.9 Å². The van der Waals surface area contributed by atoms with Gasteiger partial charge in [0.25, 0.3) is 0 Å². The molecule has 0 bridgehead atoms. The lowest BCUT2D eigenvalue weighted by molar-refractivity contribution is -0.273. The molecule has 8 aliphatic rings. The minimum atomic E-state index is -0.330. The number of hydrogen-bond donors (Lipinski definition) is 1. The van der Waals surface area contributed by atoms with E-state index in [1.807, 2.05) is 4.90 Å². The van der Waals surface area contributed by atoms with E-state index in [1.54, 1.807) is 0 Å². The zero-order valence-corrected chi connectivity index (χ0v) is 32.5. The van der Waals surface area contributed by atoms with Crippen LogP contribution in [0.3, 0.4) is 0 Å². The first-order chi connectivity index (χ1) is 23.9. The summed E-state index contributed by atoms with van der Waals surface area (Å²) in [4.78, 5) is 33.6. The van der Waals surface area contributed by atoms with Gasteiger partial charge in [0.2, 0.25) is 11.8 Å². The van der Waals surface area contributed by atoms with Crippen LogP contribution in [0.4, 0.5) is 0 Å². The Hall–Kier alpha value is -1.22. The Balaban J connectivity index is 0.814. The first-order valence-electron chi connectivity index (χ1n) is 21.3. The van der Waals surface area contributed by atoms with Gasteiger partial charge in [-0.1, -0.05) is 27.7 Å². The molecule has 0 radical (unpaired) electrons. The van der Waals surface area contributed by atoms with Crippen LogP contribution in [0.1, 0.15) is 125 Å². The predicted octanol–water partition coefficient (Wildman–Crippen LogP) is 6.32. The number of carbonyl (C=O) groups excluding carboxylic acids is 2. The van der Waals surface area contributed by atoms with E-state index in [4.69, 9.17) is 9.47 Å². The van der Waals surface area contributed by atoms with Gasteiger partial charge in [-0.25, -0.2) is 0 Å². The van der Waals surface area contributed by atoms with Crippen LogP contribution in [0, 0.1) is 52.3 Å². The van der Waals surface area contributed by atoms with Crippen LogP contribution < -0.4 is 5.32 Å². The molecule has 50 heavy (non-hydrogen) atoms. The molecule has 4 aliphatic heterocycles. The van der Waals surface area contributed by atoms with Gasteiger partial charge in [-0.05, 0) is 144 Å². The molecule has 0 aromatic rings. The van der Waals surface area contributed by atoms with Crippen molar-refractivity contribution in [1.29, 1.82) is 0 Å². The van der Waals surface area contributed by atoms with E-state index in [-0.39, 0.29) is 30.1 Å². The Bertz CT molecular complexity index is 1250. The molecule has 0 aromatic heterocycles. The van der Waals surface area contributed by atoms with Crippen LogP contribution in [0.2, 0.25) is 0 Å². The highest BCUT2D eigenvalue weighted by molar-refractivity contribution is 5.97. The summed E-state index contributed by atoms with van der Waals surface area (Å²) in [6, 6.07) is 1.47. The second-order valence-electron chi connectivity index (χ2n) is 19.7. The predicted molar refractivity (Wildman–Crippen MR) is 196 cm³/mol. The summed E-state index contributed by atoms with van der Waals surface area (Å²) in [7, 11) is 0. The largest absolute Gasteiger partial charge is 0.353 e. The highest BCUT2D eigenvalue weighted by Gasteiger charge is 2.69. The molecule has 282 valence electrons. The molecule has 4 heterocycles. The van der Waals surface area contributed by atoms with Gasteiger partial charge in [-0.3, -0.25) is 14.5 Å². The third kappa shape index (κ3) is 6.10. The zero-order chi connectivity index (χ0) is 35.0. The number of likely N-dealkylation sites (tertiary alicyclic amines) is 1. The lowest BCUT2D eigenvalue weighted by Crippen LogP contribution is -2.56. The molecule has 8 heteroatoms. The SMILES string of the molecule is CC(C)N1CCC(N2CCN(C(=O)CC(=O)N[C@@H]3CC[C@]4(C)C5CC[C@]6(C)[C@@H]7[C@H](C[C@H]6[C@@H]5CC[C@@H]4C3)O[C@]3(CC[C@H](C)CO3)[C@H]7C)CC2)CC1. The van der Waals surface area contributed by atoms with Crippen molar-refractivity contribution < 1.29 is 19.1 Å². The molecule has 1 N–H and O–H groups in total. The Labute approximate surface area is 303 Å². The van der Waals surface area contributed by atoms with Gasteiger partial charge >= 0.3 is 0 Å². The number of ether oxygens (including phenoxy) is 2. The number of piperidine rings is 1. The average molecular weight is 695 g/mol. The summed E-state index contributed by atoms with van der Waals surface area (Å²) in [6.07, 6.45) is 15.0. The molecule has 4 aliphatic carbocycles. The van der Waals surface area contributed by atoms with Crippen LogP contribution in [0.25, 0.3) is 0 Å². The third-order valence-corrected chi connectivity index (χ3v) is 17.0. The van der Waals surface area contributed by atoms with E-state index >= 15 is 0 Å². The topological polar surface area (TPSA) is 74.4 Å². The number of nitrogens with zero attached hydrogens (tertiary/aromatic N) is 3. The lowest BCUT2D eigenvalue weighted by atomic mass is 9.44. The Morgan fingerprint density at radius 3 is 2.26 bits per heavy atom. The first kappa shape index (κ1) is 35.8. The summed E-state index contributed by atoms with van der Waals surface area (Å²) in [5.41, 5.74) is 0.723. The fourth-order valence-corrected chi connectivity index (χ4v) is 14.0. The average Bonchev–Trinajstić information content (AvgIpc) is 3.55. The van der Waals surface area contributed by atoms with Crippen molar-refractivity contribution in [1.82, 2.24) is 20.0 Å². The van der Waals surface area contributed by atoms with Gasteiger partial charge in [0.1, 0.15) is 6.42 Å². The molecular weight excluding hydrogens is 624 g/mol. The van der Waals surface area contributed by atoms with Crippen LogP contribution in [-0.4, -0.2) is 102 Å². The van der Waals surface area contributed by atoms with Crippen LogP contribution in [0.15, 0.2) is 0 Å². The second-order valence-corrected chi connectivity index (χ2v) is 19.7. The molecule has 1 unspecified atom stereocenters. The summed E-state index contributed by atoms with van der Waals surface area (Å²) in [5.74, 6) is 4.39. The number of amides is 2. The number of hydrogen-bond acceptors (Lipinski definition) is 6. The van der Waals surface area contributed by atoms with Crippen LogP contribution >= 0.6 is 0 Å². The molecule has 0 aromatic carbocycles. The van der Waals surface area contributed by atoms with Crippen molar-refractivity contribution in [2.45, 2.75) is 155 Å². The molecule has 2 amide bonds. The maximum atomic E-state index is 13.2. The minimum Gasteiger partial charge on any atom is -0.353 e. The molecule has 8 nitrogen and oxygen atoms in total. The summed E-state index contributed by atoms with van der Waals surface area (Å²) < 4.78 is 13.6. The van der Waals surface area contributed by atoms with Gasteiger partial charge in [0.15, 0.2) is 5.79 Å². The van der Waals surface area contributed by atoms with Gasteiger partial charge in [-0.2, -0.15) is 0 Å². The zero-order valence-electron chi connectivity index (χ0n) is 32.5. The van der Waals surface area contributed by atoms with Gasteiger partial charge < -0.3 is 24.6 Å². The Kier molecular flexibility index (Phi) is 9.71. The number of fused-ring (bicyclic) bond motifs is 7. The van der Waals surface area contributed by atoms with Crippen molar-refractivity contribution in [3.63, 3.8) is 0 Å². The Morgan fingerprint density at radius 2 is 1.56 bits per heavy atom. The van der Waals surface area contributed by atoms with Crippen molar-refractivity contribution in [3.05, 3.63) is 0 Å². The third-order valence-electron chi connectivity index (χ3n) is 17.0. The fraction of sp³-hybridized carbons (Fsp3) is 0.952. The first-order valence-corrected chi connectivity index (χ1v) is 21.3. The summed E-state index contributed by atoms with van der Waals surface area (Å²) in [5, 5.41) is 3.36. The van der Waals surface area contributed by atoms with Crippen molar-refractivity contribution in [2.24, 2.45) is 52.3 Å². The number of piperazine rings is 1. The highest BCUT2D eigenvalue weighted by atomic mass is 16.7. The van der Waals surface area contributed by atoms with E-state index in [1.165, 1.54) is 70.9 Å². The maximum absolute atomic E-state index is 13.2. The quantitative estimate of drug-likeness (QED) is 0.340. The standard InChI is InChI=1S/C42H70N4O4/c1-27(2)44-17-12-32(13-18-44)45-19-21-46(22-20-45)38(48)25-37(47)43-31-10-14-40(5)30(23-31)7-8-33-34(40)11-15-41(6)35(33)24-36-39(41)29(4)42(50-36)16-9-28(3)26-49-42/h27-36,39H,7-26H2,1-6H3,(H,43,47)/t28-,29-,30+,31+,33+,34?,35-,36-,39-,40-,41-,42+/m0/s1. The second kappa shape index (κ2) is 13.6. The fourth-order valence-electron chi connectivity index (χ4n) is 14.0. The van der Waals surface area contributed by atoms with E-state index in [2.05, 4.69) is 56.7 Å². The molecule has 1 spiro atoms. The Morgan fingerprint density at radius 1 is 0.820 bits per heavy atom. The van der Waals surface area contributed by atoms with E-state index < -0.39 is 0 Å². The minimum absolute atomic E-state index is 0.00432. The summed E-state index contributed by atoms with van der Waals surface area (Å²) in [6.45, 7) is 21.2. The van der Waals surface area contributed by atoms with Gasteiger partial charge in [-0.15, -0.1) is 0 Å². The number of rotatable bonds is 5. The highest BCUT2D eigenvalue weighted by Crippen LogP contribution is 2.71. The van der Waals surface area contributed by atoms with Crippen LogP contribution in [0.5, 0.6) is 0 Å². The van der Waals surface area contributed by atoms with E-state index in [0.29, 0.717) is 52.7 Å². The summed E-state index contributed by atoms with van der Waals surface area (Å²) >= 11 is 0. The normalized spacial score (nSPS) is 47.1. The van der Waals surface area contributed by atoms with E-state index in [9.17, 15) is 9.59 Å². The monoisotopic (exact) mass is 695 g/mol. The maximum Gasteiger partial charge on any atom is 0.232 e. The molecule has 4 saturated heterocycles. The molecule has 8 rings (SSSR count). The van der Waals surface area contributed by atoms with Gasteiger partial charge in [0, 0.05) is 56.6 Å². The number of nitrogens with one attached hydrogen (secondary N) is 1. The van der Waals surface area contributed by atoms with Crippen molar-refractivity contribution in [3.8, 4) is 0 Å². The molecule has 12 atom stereocenters. The molecular formula is C42H70N4O4. The van der Waals surface area contributed by atoms with Crippen LogP contribution in [-0.2, 0) is 19.1 Å². The van der Waals surface area contributed by atoms with E-state index in [0.717, 1.165) is 69.8 Å². The lowest BCUT2D eigenvalue weighted by Gasteiger charge is -2.61. The molecule has 4 saturated carbocycles. The molecule has 8 fully saturated rings. The van der Waals surface area contributed by atoms with Crippen molar-refractivity contribution >= 4 is 11.8 Å². The smallest absolute Gasteiger partial charge is 0.232 e.